The summed E-state index contributed by atoms with van der Waals surface area (Å²) in [5.74, 6) is 1.37. The van der Waals surface area contributed by atoms with Crippen LogP contribution in [0.3, 0.4) is 0 Å². The molecule has 9 heteroatoms. The van der Waals surface area contributed by atoms with Crippen molar-refractivity contribution in [1.29, 1.82) is 0 Å². The molecule has 8 nitrogen and oxygen atoms in total. The molecule has 0 aliphatic carbocycles. The first-order valence-electron chi connectivity index (χ1n) is 10.8. The van der Waals surface area contributed by atoms with E-state index in [1.807, 2.05) is 25.1 Å². The van der Waals surface area contributed by atoms with Gasteiger partial charge in [0.05, 0.1) is 24.2 Å². The van der Waals surface area contributed by atoms with Crippen molar-refractivity contribution in [3.05, 3.63) is 78.4 Å². The molecule has 3 aromatic rings. The van der Waals surface area contributed by atoms with Gasteiger partial charge >= 0.3 is 0 Å². The van der Waals surface area contributed by atoms with Crippen LogP contribution in [0.5, 0.6) is 17.2 Å². The average Bonchev–Trinajstić information content (AvgIpc) is 2.86. The summed E-state index contributed by atoms with van der Waals surface area (Å²) in [4.78, 5) is 12.9. The number of para-hydroxylation sites is 2. The first kappa shape index (κ1) is 23.4. The van der Waals surface area contributed by atoms with Crippen LogP contribution in [0.2, 0.25) is 0 Å². The van der Waals surface area contributed by atoms with Crippen molar-refractivity contribution in [2.75, 3.05) is 31.1 Å². The summed E-state index contributed by atoms with van der Waals surface area (Å²) < 4.78 is 44.7. The minimum absolute atomic E-state index is 0.0994. The van der Waals surface area contributed by atoms with Gasteiger partial charge in [-0.2, -0.15) is 0 Å². The van der Waals surface area contributed by atoms with Gasteiger partial charge in [-0.25, -0.2) is 8.42 Å². The van der Waals surface area contributed by atoms with E-state index in [1.54, 1.807) is 42.5 Å². The molecular formula is C25H26N2O6S. The third-order valence-electron chi connectivity index (χ3n) is 5.35. The highest BCUT2D eigenvalue weighted by Gasteiger charge is 2.28. The molecule has 1 atom stereocenters. The van der Waals surface area contributed by atoms with E-state index in [-0.39, 0.29) is 24.2 Å². The SMILES string of the molecule is COc1ccc(N(CC(=O)NC[C@H]2COc3ccccc3O2)S(=O)(=O)c2ccc(C)cc2)cc1. The normalized spacial score (nSPS) is 14.8. The van der Waals surface area contributed by atoms with Crippen LogP contribution < -0.4 is 23.8 Å². The van der Waals surface area contributed by atoms with E-state index in [0.717, 1.165) is 9.87 Å². The number of anilines is 1. The van der Waals surface area contributed by atoms with Crippen LogP contribution >= 0.6 is 0 Å². The number of rotatable bonds is 8. The van der Waals surface area contributed by atoms with Gasteiger partial charge in [-0.15, -0.1) is 0 Å². The molecule has 178 valence electrons. The van der Waals surface area contributed by atoms with Gasteiger partial charge in [0.25, 0.3) is 10.0 Å². The van der Waals surface area contributed by atoms with Crippen LogP contribution in [-0.4, -0.2) is 47.2 Å². The molecule has 1 N–H and O–H groups in total. The Bertz CT molecular complexity index is 1240. The van der Waals surface area contributed by atoms with E-state index in [0.29, 0.717) is 22.9 Å². The van der Waals surface area contributed by atoms with Crippen LogP contribution in [0, 0.1) is 6.92 Å². The van der Waals surface area contributed by atoms with Crippen LogP contribution in [0.25, 0.3) is 0 Å². The van der Waals surface area contributed by atoms with Crippen molar-refractivity contribution in [1.82, 2.24) is 5.32 Å². The molecule has 0 fully saturated rings. The van der Waals surface area contributed by atoms with Gasteiger partial charge in [-0.1, -0.05) is 29.8 Å². The Balaban J connectivity index is 1.49. The minimum atomic E-state index is -3.99. The molecule has 1 amide bonds. The lowest BCUT2D eigenvalue weighted by atomic mass is 10.2. The van der Waals surface area contributed by atoms with Gasteiger partial charge in [0, 0.05) is 0 Å². The van der Waals surface area contributed by atoms with Gasteiger partial charge in [0.2, 0.25) is 5.91 Å². The number of amides is 1. The Morgan fingerprint density at radius 2 is 1.71 bits per heavy atom. The van der Waals surface area contributed by atoms with Crippen LogP contribution in [0.1, 0.15) is 5.56 Å². The molecule has 0 bridgehead atoms. The zero-order chi connectivity index (χ0) is 24.1. The minimum Gasteiger partial charge on any atom is -0.497 e. The second kappa shape index (κ2) is 10.0. The lowest BCUT2D eigenvalue weighted by molar-refractivity contribution is -0.120. The number of hydrogen-bond donors (Lipinski definition) is 1. The molecular weight excluding hydrogens is 456 g/mol. The summed E-state index contributed by atoms with van der Waals surface area (Å²) in [6.07, 6.45) is -0.387. The van der Waals surface area contributed by atoms with E-state index >= 15 is 0 Å². The molecule has 0 aromatic heterocycles. The number of fused-ring (bicyclic) bond motifs is 1. The predicted molar refractivity (Wildman–Crippen MR) is 128 cm³/mol. The summed E-state index contributed by atoms with van der Waals surface area (Å²) in [7, 11) is -2.47. The lowest BCUT2D eigenvalue weighted by Gasteiger charge is -2.27. The van der Waals surface area contributed by atoms with E-state index in [2.05, 4.69) is 5.32 Å². The zero-order valence-corrected chi connectivity index (χ0v) is 19.7. The lowest BCUT2D eigenvalue weighted by Crippen LogP contribution is -2.45. The number of aryl methyl sites for hydroxylation is 1. The Morgan fingerprint density at radius 1 is 1.03 bits per heavy atom. The molecule has 0 saturated carbocycles. The number of ether oxygens (including phenoxy) is 3. The van der Waals surface area contributed by atoms with Crippen molar-refractivity contribution >= 4 is 21.6 Å². The number of carbonyl (C=O) groups excluding carboxylic acids is 1. The molecule has 1 heterocycles. The molecule has 0 radical (unpaired) electrons. The topological polar surface area (TPSA) is 94.2 Å². The summed E-state index contributed by atoms with van der Waals surface area (Å²) in [5.41, 5.74) is 1.28. The maximum absolute atomic E-state index is 13.4. The molecule has 0 unspecified atom stereocenters. The van der Waals surface area contributed by atoms with Crippen molar-refractivity contribution in [2.24, 2.45) is 0 Å². The Kier molecular flexibility index (Phi) is 6.93. The third kappa shape index (κ3) is 5.26. The molecule has 4 rings (SSSR count). The van der Waals surface area contributed by atoms with E-state index < -0.39 is 22.5 Å². The smallest absolute Gasteiger partial charge is 0.264 e. The van der Waals surface area contributed by atoms with Gasteiger partial charge in [0.15, 0.2) is 11.5 Å². The van der Waals surface area contributed by atoms with E-state index in [9.17, 15) is 13.2 Å². The largest absolute Gasteiger partial charge is 0.497 e. The monoisotopic (exact) mass is 482 g/mol. The second-order valence-corrected chi connectivity index (χ2v) is 9.69. The highest BCUT2D eigenvalue weighted by molar-refractivity contribution is 7.92. The highest BCUT2D eigenvalue weighted by Crippen LogP contribution is 2.30. The van der Waals surface area contributed by atoms with Gasteiger partial charge in [-0.05, 0) is 55.5 Å². The number of hydrogen-bond acceptors (Lipinski definition) is 6. The number of sulfonamides is 1. The van der Waals surface area contributed by atoms with Gasteiger partial charge in [-0.3, -0.25) is 9.10 Å². The zero-order valence-electron chi connectivity index (χ0n) is 18.9. The molecule has 34 heavy (non-hydrogen) atoms. The molecule has 1 aliphatic rings. The first-order chi connectivity index (χ1) is 16.4. The highest BCUT2D eigenvalue weighted by atomic mass is 32.2. The third-order valence-corrected chi connectivity index (χ3v) is 7.14. The van der Waals surface area contributed by atoms with Crippen molar-refractivity contribution < 1.29 is 27.4 Å². The quantitative estimate of drug-likeness (QED) is 0.530. The fourth-order valence-corrected chi connectivity index (χ4v) is 4.90. The summed E-state index contributed by atoms with van der Waals surface area (Å²) in [5, 5.41) is 2.76. The molecule has 3 aromatic carbocycles. The van der Waals surface area contributed by atoms with E-state index in [1.165, 1.54) is 19.2 Å². The Morgan fingerprint density at radius 3 is 2.38 bits per heavy atom. The molecule has 0 saturated heterocycles. The second-order valence-electron chi connectivity index (χ2n) is 7.82. The van der Waals surface area contributed by atoms with Crippen molar-refractivity contribution in [3.8, 4) is 17.2 Å². The van der Waals surface area contributed by atoms with Gasteiger partial charge in [0.1, 0.15) is 25.0 Å². The molecule has 0 spiro atoms. The standard InChI is InChI=1S/C25H26N2O6S/c1-18-7-13-22(14-8-18)34(29,30)27(19-9-11-20(31-2)12-10-19)16-25(28)26-15-21-17-32-23-5-3-4-6-24(23)33-21/h3-14,21H,15-17H2,1-2H3,(H,26,28)/t21-/m0/s1. The van der Waals surface area contributed by atoms with Crippen LogP contribution in [-0.2, 0) is 14.8 Å². The van der Waals surface area contributed by atoms with Crippen molar-refractivity contribution in [3.63, 3.8) is 0 Å². The number of carbonyl (C=O) groups is 1. The summed E-state index contributed by atoms with van der Waals surface area (Å²) in [6, 6.07) is 20.3. The average molecular weight is 483 g/mol. The van der Waals surface area contributed by atoms with E-state index in [4.69, 9.17) is 14.2 Å². The number of nitrogens with one attached hydrogen (secondary N) is 1. The Labute approximate surface area is 199 Å². The maximum atomic E-state index is 13.4. The number of nitrogens with zero attached hydrogens (tertiary/aromatic N) is 1. The van der Waals surface area contributed by atoms with Gasteiger partial charge < -0.3 is 19.5 Å². The fraction of sp³-hybridized carbons (Fsp3) is 0.240. The Hall–Kier alpha value is -3.72. The van der Waals surface area contributed by atoms with Crippen LogP contribution in [0.4, 0.5) is 5.69 Å². The first-order valence-corrected chi connectivity index (χ1v) is 12.2. The number of methoxy groups -OCH3 is 1. The van der Waals surface area contributed by atoms with Crippen LogP contribution in [0.15, 0.2) is 77.7 Å². The summed E-state index contributed by atoms with van der Waals surface area (Å²) in [6.45, 7) is 1.93. The predicted octanol–water partition coefficient (Wildman–Crippen LogP) is 3.16. The summed E-state index contributed by atoms with van der Waals surface area (Å²) >= 11 is 0. The fourth-order valence-electron chi connectivity index (χ4n) is 3.48. The number of benzene rings is 3. The van der Waals surface area contributed by atoms with Crippen molar-refractivity contribution in [2.45, 2.75) is 17.9 Å². The molecule has 1 aliphatic heterocycles. The maximum Gasteiger partial charge on any atom is 0.264 e.